The van der Waals surface area contributed by atoms with Crippen molar-refractivity contribution in [3.05, 3.63) is 46.8 Å². The number of halogens is 3. The zero-order valence-corrected chi connectivity index (χ0v) is 14.3. The van der Waals surface area contributed by atoms with E-state index < -0.39 is 23.4 Å². The largest absolute Gasteiger partial charge is 0.379 e. The number of carbonyl (C=O) groups is 1. The van der Waals surface area contributed by atoms with Crippen LogP contribution in [-0.4, -0.2) is 37.9 Å². The van der Waals surface area contributed by atoms with Crippen LogP contribution in [0.4, 0.5) is 13.2 Å². The molecule has 0 aliphatic carbocycles. The minimum atomic E-state index is -1.54. The molecular weight excluding hydrogens is 335 g/mol. The highest BCUT2D eigenvalue weighted by Gasteiger charge is 2.27. The van der Waals surface area contributed by atoms with Gasteiger partial charge >= 0.3 is 0 Å². The van der Waals surface area contributed by atoms with E-state index in [4.69, 9.17) is 9.47 Å². The summed E-state index contributed by atoms with van der Waals surface area (Å²) >= 11 is 0. The molecule has 0 radical (unpaired) electrons. The number of benzene rings is 1. The van der Waals surface area contributed by atoms with Crippen molar-refractivity contribution in [1.82, 2.24) is 5.32 Å². The second-order valence-corrected chi connectivity index (χ2v) is 6.24. The van der Waals surface area contributed by atoms with E-state index in [-0.39, 0.29) is 24.1 Å². The summed E-state index contributed by atoms with van der Waals surface area (Å²) in [6.07, 6.45) is 1.97. The Kier molecular flexibility index (Phi) is 7.01. The van der Waals surface area contributed by atoms with Crippen LogP contribution in [0.15, 0.2) is 23.8 Å². The molecule has 0 spiro atoms. The van der Waals surface area contributed by atoms with Crippen LogP contribution in [0.25, 0.3) is 0 Å². The maximum Gasteiger partial charge on any atom is 0.224 e. The van der Waals surface area contributed by atoms with Crippen LogP contribution >= 0.6 is 0 Å². The van der Waals surface area contributed by atoms with Gasteiger partial charge in [0, 0.05) is 6.61 Å². The molecule has 4 nitrogen and oxygen atoms in total. The van der Waals surface area contributed by atoms with E-state index in [2.05, 4.69) is 5.32 Å². The first-order valence-corrected chi connectivity index (χ1v) is 8.12. The van der Waals surface area contributed by atoms with Crippen molar-refractivity contribution in [2.24, 2.45) is 0 Å². The molecule has 1 amide bonds. The zero-order valence-electron chi connectivity index (χ0n) is 14.3. The monoisotopic (exact) mass is 357 g/mol. The Morgan fingerprint density at radius 3 is 2.64 bits per heavy atom. The van der Waals surface area contributed by atoms with Crippen LogP contribution in [0.1, 0.15) is 25.8 Å². The maximum absolute atomic E-state index is 13.2. The van der Waals surface area contributed by atoms with E-state index >= 15 is 0 Å². The van der Waals surface area contributed by atoms with E-state index in [0.29, 0.717) is 26.2 Å². The molecule has 1 aliphatic heterocycles. The fourth-order valence-electron chi connectivity index (χ4n) is 2.53. The van der Waals surface area contributed by atoms with Crippen molar-refractivity contribution in [3.63, 3.8) is 0 Å². The second kappa shape index (κ2) is 9.01. The lowest BCUT2D eigenvalue weighted by molar-refractivity contribution is -0.125. The highest BCUT2D eigenvalue weighted by molar-refractivity contribution is 5.78. The molecule has 0 saturated carbocycles. The van der Waals surface area contributed by atoms with Gasteiger partial charge < -0.3 is 14.8 Å². The summed E-state index contributed by atoms with van der Waals surface area (Å²) in [5.41, 5.74) is 1.20. The zero-order chi connectivity index (χ0) is 18.4. The molecule has 0 bridgehead atoms. The fourth-order valence-corrected chi connectivity index (χ4v) is 2.53. The Hall–Kier alpha value is -1.86. The third-order valence-electron chi connectivity index (χ3n) is 3.86. The minimum absolute atomic E-state index is 0.0722. The minimum Gasteiger partial charge on any atom is -0.379 e. The van der Waals surface area contributed by atoms with Gasteiger partial charge in [0.1, 0.15) is 6.10 Å². The standard InChI is InChI=1S/C18H22F3NO3/c1-11(2)3-6-25-16-10-24-5-4-15(16)22-17(23)9-12-7-13(19)18(21)14(20)8-12/h3,7-8,15-16H,4-6,9-10H2,1-2H3,(H,22,23)/t15-,16-/m1/s1. The molecule has 1 aromatic rings. The summed E-state index contributed by atoms with van der Waals surface area (Å²) in [4.78, 5) is 12.2. The maximum atomic E-state index is 13.2. The highest BCUT2D eigenvalue weighted by Crippen LogP contribution is 2.15. The Morgan fingerprint density at radius 2 is 2.00 bits per heavy atom. The Balaban J connectivity index is 1.94. The van der Waals surface area contributed by atoms with E-state index in [1.165, 1.54) is 0 Å². The van der Waals surface area contributed by atoms with Gasteiger partial charge in [-0.05, 0) is 38.0 Å². The smallest absolute Gasteiger partial charge is 0.224 e. The summed E-state index contributed by atoms with van der Waals surface area (Å²) in [6.45, 7) is 5.19. The second-order valence-electron chi connectivity index (χ2n) is 6.24. The molecule has 1 saturated heterocycles. The highest BCUT2D eigenvalue weighted by atomic mass is 19.2. The summed E-state index contributed by atoms with van der Waals surface area (Å²) in [5.74, 6) is -4.57. The molecule has 1 fully saturated rings. The lowest BCUT2D eigenvalue weighted by Crippen LogP contribution is -2.50. The first-order valence-electron chi connectivity index (χ1n) is 8.12. The molecule has 25 heavy (non-hydrogen) atoms. The van der Waals surface area contributed by atoms with Gasteiger partial charge in [-0.2, -0.15) is 0 Å². The molecule has 138 valence electrons. The van der Waals surface area contributed by atoms with Gasteiger partial charge in [0.05, 0.1) is 25.7 Å². The van der Waals surface area contributed by atoms with Crippen molar-refractivity contribution in [2.75, 3.05) is 19.8 Å². The van der Waals surface area contributed by atoms with Gasteiger partial charge in [0.2, 0.25) is 5.91 Å². The average molecular weight is 357 g/mol. The lowest BCUT2D eigenvalue weighted by Gasteiger charge is -2.32. The van der Waals surface area contributed by atoms with Crippen LogP contribution < -0.4 is 5.32 Å². The van der Waals surface area contributed by atoms with E-state index in [1.807, 2.05) is 19.9 Å². The van der Waals surface area contributed by atoms with E-state index in [1.54, 1.807) is 0 Å². The van der Waals surface area contributed by atoms with Crippen LogP contribution in [0.3, 0.4) is 0 Å². The number of allylic oxidation sites excluding steroid dienone is 1. The number of carbonyl (C=O) groups excluding carboxylic acids is 1. The van der Waals surface area contributed by atoms with Crippen LogP contribution in [-0.2, 0) is 20.7 Å². The summed E-state index contributed by atoms with van der Waals surface area (Å²) in [7, 11) is 0. The van der Waals surface area contributed by atoms with Crippen molar-refractivity contribution >= 4 is 5.91 Å². The molecule has 1 heterocycles. The number of amides is 1. The number of ether oxygens (including phenoxy) is 2. The SMILES string of the molecule is CC(C)=CCO[C@@H]1COCC[C@H]1NC(=O)Cc1cc(F)c(F)c(F)c1. The Bertz CT molecular complexity index is 621. The predicted octanol–water partition coefficient (Wildman–Crippen LogP) is 2.90. The molecule has 7 heteroatoms. The third-order valence-corrected chi connectivity index (χ3v) is 3.86. The van der Waals surface area contributed by atoms with Crippen molar-refractivity contribution in [2.45, 2.75) is 38.8 Å². The van der Waals surface area contributed by atoms with Gasteiger partial charge in [-0.1, -0.05) is 11.6 Å². The van der Waals surface area contributed by atoms with Gasteiger partial charge in [-0.3, -0.25) is 4.79 Å². The van der Waals surface area contributed by atoms with Gasteiger partial charge in [-0.25, -0.2) is 13.2 Å². The number of nitrogens with one attached hydrogen (secondary N) is 1. The van der Waals surface area contributed by atoms with Gasteiger partial charge in [0.15, 0.2) is 17.5 Å². The molecule has 1 aromatic carbocycles. The molecule has 1 aliphatic rings. The molecule has 2 atom stereocenters. The topological polar surface area (TPSA) is 47.6 Å². The molecule has 2 rings (SSSR count). The summed E-state index contributed by atoms with van der Waals surface area (Å²) < 4.78 is 50.5. The fraction of sp³-hybridized carbons (Fsp3) is 0.500. The molecular formula is C18H22F3NO3. The third kappa shape index (κ3) is 5.86. The van der Waals surface area contributed by atoms with Crippen LogP contribution in [0.2, 0.25) is 0 Å². The Labute approximate surface area is 145 Å². The van der Waals surface area contributed by atoms with Gasteiger partial charge in [0.25, 0.3) is 0 Å². The van der Waals surface area contributed by atoms with Crippen molar-refractivity contribution in [3.8, 4) is 0 Å². The average Bonchev–Trinajstić information content (AvgIpc) is 2.53. The van der Waals surface area contributed by atoms with E-state index in [9.17, 15) is 18.0 Å². The summed E-state index contributed by atoms with van der Waals surface area (Å²) in [5, 5.41) is 2.81. The molecule has 1 N–H and O–H groups in total. The quantitative estimate of drug-likeness (QED) is 0.629. The van der Waals surface area contributed by atoms with Crippen LogP contribution in [0.5, 0.6) is 0 Å². The normalized spacial score (nSPS) is 20.2. The predicted molar refractivity (Wildman–Crippen MR) is 86.6 cm³/mol. The summed E-state index contributed by atoms with van der Waals surface area (Å²) in [6, 6.07) is 1.40. The van der Waals surface area contributed by atoms with E-state index in [0.717, 1.165) is 17.7 Å². The van der Waals surface area contributed by atoms with Gasteiger partial charge in [-0.15, -0.1) is 0 Å². The molecule has 0 unspecified atom stereocenters. The van der Waals surface area contributed by atoms with Crippen molar-refractivity contribution in [1.29, 1.82) is 0 Å². The molecule has 0 aromatic heterocycles. The first-order chi connectivity index (χ1) is 11.9. The first kappa shape index (κ1) is 19.5. The Morgan fingerprint density at radius 1 is 1.32 bits per heavy atom. The van der Waals surface area contributed by atoms with Crippen molar-refractivity contribution < 1.29 is 27.4 Å². The number of hydrogen-bond acceptors (Lipinski definition) is 3. The lowest BCUT2D eigenvalue weighted by atomic mass is 10.0. The number of hydrogen-bond donors (Lipinski definition) is 1. The van der Waals surface area contributed by atoms with Crippen LogP contribution in [0, 0.1) is 17.5 Å². The number of rotatable bonds is 6.